The smallest absolute Gasteiger partial charge is 0.123 e. The van der Waals surface area contributed by atoms with Crippen LogP contribution in [-0.2, 0) is 0 Å². The van der Waals surface area contributed by atoms with Gasteiger partial charge in [-0.05, 0) is 25.8 Å². The van der Waals surface area contributed by atoms with Crippen LogP contribution in [0.4, 0.5) is 0 Å². The summed E-state index contributed by atoms with van der Waals surface area (Å²) in [7, 11) is 0. The second-order valence-electron chi connectivity index (χ2n) is 3.91. The average molecular weight is 193 g/mol. The highest BCUT2D eigenvalue weighted by atomic mass is 16.3. The zero-order valence-corrected chi connectivity index (χ0v) is 9.17. The molecule has 0 aliphatic rings. The Morgan fingerprint density at radius 2 is 2.00 bits per heavy atom. The minimum Gasteiger partial charge on any atom is -0.507 e. The van der Waals surface area contributed by atoms with E-state index in [0.717, 1.165) is 29.5 Å². The predicted octanol–water partition coefficient (Wildman–Crippen LogP) is 2.81. The van der Waals surface area contributed by atoms with Crippen LogP contribution in [0.15, 0.2) is 12.1 Å². The molecule has 3 N–H and O–H groups in total. The number of phenols is 1. The lowest BCUT2D eigenvalue weighted by molar-refractivity contribution is 0.453. The molecular weight excluding hydrogens is 174 g/mol. The first kappa shape index (κ1) is 11.1. The molecular formula is C12H19NO. The molecule has 0 bridgehead atoms. The monoisotopic (exact) mass is 193 g/mol. The van der Waals surface area contributed by atoms with Crippen LogP contribution in [0.2, 0.25) is 0 Å². The van der Waals surface area contributed by atoms with Gasteiger partial charge in [-0.1, -0.05) is 31.0 Å². The highest BCUT2D eigenvalue weighted by Crippen LogP contribution is 2.29. The van der Waals surface area contributed by atoms with Crippen LogP contribution in [0.3, 0.4) is 0 Å². The maximum atomic E-state index is 9.84. The van der Waals surface area contributed by atoms with Crippen molar-refractivity contribution in [1.29, 1.82) is 0 Å². The van der Waals surface area contributed by atoms with Crippen LogP contribution < -0.4 is 5.73 Å². The number of benzene rings is 1. The van der Waals surface area contributed by atoms with E-state index in [-0.39, 0.29) is 6.04 Å². The van der Waals surface area contributed by atoms with Crippen molar-refractivity contribution in [3.05, 3.63) is 28.8 Å². The topological polar surface area (TPSA) is 46.2 Å². The molecule has 1 aromatic carbocycles. The molecule has 2 heteroatoms. The summed E-state index contributed by atoms with van der Waals surface area (Å²) in [6.45, 7) is 6.03. The second kappa shape index (κ2) is 4.47. The van der Waals surface area contributed by atoms with Crippen molar-refractivity contribution in [2.75, 3.05) is 0 Å². The predicted molar refractivity (Wildman–Crippen MR) is 59.4 cm³/mol. The minimum atomic E-state index is -0.0430. The van der Waals surface area contributed by atoms with Gasteiger partial charge in [-0.3, -0.25) is 0 Å². The lowest BCUT2D eigenvalue weighted by Gasteiger charge is -2.15. The van der Waals surface area contributed by atoms with Gasteiger partial charge in [0.1, 0.15) is 5.75 Å². The summed E-state index contributed by atoms with van der Waals surface area (Å²) in [6, 6.07) is 3.90. The largest absolute Gasteiger partial charge is 0.507 e. The molecule has 78 valence electrons. The molecule has 0 spiro atoms. The molecule has 0 radical (unpaired) electrons. The van der Waals surface area contributed by atoms with Crippen molar-refractivity contribution in [2.24, 2.45) is 5.73 Å². The summed E-state index contributed by atoms with van der Waals surface area (Å²) in [4.78, 5) is 0. The van der Waals surface area contributed by atoms with Gasteiger partial charge in [0.25, 0.3) is 0 Å². The first-order chi connectivity index (χ1) is 6.56. The molecule has 0 saturated carbocycles. The van der Waals surface area contributed by atoms with Crippen molar-refractivity contribution in [2.45, 2.75) is 39.7 Å². The Kier molecular flexibility index (Phi) is 3.53. The molecule has 0 unspecified atom stereocenters. The van der Waals surface area contributed by atoms with E-state index in [2.05, 4.69) is 6.92 Å². The van der Waals surface area contributed by atoms with Crippen LogP contribution >= 0.6 is 0 Å². The molecule has 0 amide bonds. The fraction of sp³-hybridized carbons (Fsp3) is 0.500. The summed E-state index contributed by atoms with van der Waals surface area (Å²) < 4.78 is 0. The number of hydrogen-bond acceptors (Lipinski definition) is 2. The van der Waals surface area contributed by atoms with Gasteiger partial charge in [0.2, 0.25) is 0 Å². The fourth-order valence-electron chi connectivity index (χ4n) is 1.74. The molecule has 0 fully saturated rings. The molecule has 1 rings (SSSR count). The van der Waals surface area contributed by atoms with E-state index in [9.17, 15) is 5.11 Å². The van der Waals surface area contributed by atoms with Gasteiger partial charge in [-0.2, -0.15) is 0 Å². The van der Waals surface area contributed by atoms with Crippen molar-refractivity contribution in [1.82, 2.24) is 0 Å². The van der Waals surface area contributed by atoms with Crippen LogP contribution in [-0.4, -0.2) is 5.11 Å². The Morgan fingerprint density at radius 3 is 2.57 bits per heavy atom. The van der Waals surface area contributed by atoms with Crippen LogP contribution in [0.25, 0.3) is 0 Å². The van der Waals surface area contributed by atoms with E-state index >= 15 is 0 Å². The molecule has 0 heterocycles. The van der Waals surface area contributed by atoms with E-state index in [4.69, 9.17) is 5.73 Å². The second-order valence-corrected chi connectivity index (χ2v) is 3.91. The van der Waals surface area contributed by atoms with Crippen LogP contribution in [0.5, 0.6) is 5.75 Å². The summed E-state index contributed by atoms with van der Waals surface area (Å²) >= 11 is 0. The van der Waals surface area contributed by atoms with Gasteiger partial charge in [-0.25, -0.2) is 0 Å². The molecule has 2 nitrogen and oxygen atoms in total. The number of nitrogens with two attached hydrogens (primary N) is 1. The molecule has 0 aliphatic carbocycles. The number of rotatable bonds is 3. The third-order valence-corrected chi connectivity index (χ3v) is 2.47. The number of phenolic OH excluding ortho intramolecular Hbond substituents is 1. The summed E-state index contributed by atoms with van der Waals surface area (Å²) in [5.74, 6) is 0.358. The Bertz CT molecular complexity index is 320. The molecule has 14 heavy (non-hydrogen) atoms. The third-order valence-electron chi connectivity index (χ3n) is 2.47. The number of aromatic hydroxyl groups is 1. The van der Waals surface area contributed by atoms with E-state index in [0.29, 0.717) is 5.75 Å². The SMILES string of the molecule is CCC[C@H](N)c1cc(C)cc(C)c1O. The first-order valence-corrected chi connectivity index (χ1v) is 5.12. The van der Waals surface area contributed by atoms with E-state index in [1.165, 1.54) is 0 Å². The molecule has 1 atom stereocenters. The Morgan fingerprint density at radius 1 is 1.36 bits per heavy atom. The highest BCUT2D eigenvalue weighted by molar-refractivity contribution is 5.44. The fourth-order valence-corrected chi connectivity index (χ4v) is 1.74. The normalized spacial score (nSPS) is 12.9. The quantitative estimate of drug-likeness (QED) is 0.775. The molecule has 1 aromatic rings. The summed E-state index contributed by atoms with van der Waals surface area (Å²) in [5, 5.41) is 9.84. The molecule has 0 aliphatic heterocycles. The van der Waals surface area contributed by atoms with E-state index < -0.39 is 0 Å². The Labute approximate surface area is 85.8 Å². The minimum absolute atomic E-state index is 0.0430. The van der Waals surface area contributed by atoms with E-state index in [1.807, 2.05) is 26.0 Å². The molecule has 0 saturated heterocycles. The zero-order valence-electron chi connectivity index (χ0n) is 9.17. The standard InChI is InChI=1S/C12H19NO/c1-4-5-11(13)10-7-8(2)6-9(3)12(10)14/h6-7,11,14H,4-5,13H2,1-3H3/t11-/m0/s1. The average Bonchev–Trinajstić information content (AvgIpc) is 2.11. The van der Waals surface area contributed by atoms with Gasteiger partial charge < -0.3 is 10.8 Å². The lowest BCUT2D eigenvalue weighted by atomic mass is 9.97. The summed E-state index contributed by atoms with van der Waals surface area (Å²) in [6.07, 6.45) is 1.95. The van der Waals surface area contributed by atoms with Gasteiger partial charge in [0, 0.05) is 11.6 Å². The number of hydrogen-bond donors (Lipinski definition) is 2. The maximum Gasteiger partial charge on any atom is 0.123 e. The highest BCUT2D eigenvalue weighted by Gasteiger charge is 2.12. The zero-order chi connectivity index (χ0) is 10.7. The van der Waals surface area contributed by atoms with Crippen molar-refractivity contribution in [3.63, 3.8) is 0 Å². The van der Waals surface area contributed by atoms with Gasteiger partial charge in [-0.15, -0.1) is 0 Å². The van der Waals surface area contributed by atoms with Gasteiger partial charge in [0.15, 0.2) is 0 Å². The molecule has 0 aromatic heterocycles. The lowest BCUT2D eigenvalue weighted by Crippen LogP contribution is -2.10. The Hall–Kier alpha value is -1.02. The third kappa shape index (κ3) is 2.26. The van der Waals surface area contributed by atoms with Crippen molar-refractivity contribution in [3.8, 4) is 5.75 Å². The maximum absolute atomic E-state index is 9.84. The van der Waals surface area contributed by atoms with Crippen molar-refractivity contribution < 1.29 is 5.11 Å². The first-order valence-electron chi connectivity index (χ1n) is 5.12. The van der Waals surface area contributed by atoms with Gasteiger partial charge >= 0.3 is 0 Å². The van der Waals surface area contributed by atoms with Crippen LogP contribution in [0, 0.1) is 13.8 Å². The number of aryl methyl sites for hydroxylation is 2. The van der Waals surface area contributed by atoms with Crippen molar-refractivity contribution >= 4 is 0 Å². The van der Waals surface area contributed by atoms with Gasteiger partial charge in [0.05, 0.1) is 0 Å². The Balaban J connectivity index is 3.07. The summed E-state index contributed by atoms with van der Waals surface area (Å²) in [5.41, 5.74) is 8.93. The van der Waals surface area contributed by atoms with E-state index in [1.54, 1.807) is 0 Å². The van der Waals surface area contributed by atoms with Crippen LogP contribution in [0.1, 0.15) is 42.5 Å².